The topological polar surface area (TPSA) is 34.1 Å². The molecule has 0 heterocycles. The first-order chi connectivity index (χ1) is 4.22. The summed E-state index contributed by atoms with van der Waals surface area (Å²) in [6, 6.07) is 0. The van der Waals surface area contributed by atoms with Crippen LogP contribution in [0.3, 0.4) is 0 Å². The summed E-state index contributed by atoms with van der Waals surface area (Å²) in [5.74, 6) is 0.146. The number of carbonyl (C=O) groups excluding carboxylic acids is 2. The second-order valence-electron chi connectivity index (χ2n) is 2.08. The van der Waals surface area contributed by atoms with Gasteiger partial charge in [0.2, 0.25) is 0 Å². The highest BCUT2D eigenvalue weighted by molar-refractivity contribution is 5.82. The minimum absolute atomic E-state index is 0.146. The van der Waals surface area contributed by atoms with Crippen LogP contribution in [0.5, 0.6) is 0 Å². The van der Waals surface area contributed by atoms with Crippen LogP contribution in [-0.4, -0.2) is 12.6 Å². The molecule has 0 aromatic carbocycles. The van der Waals surface area contributed by atoms with Crippen molar-refractivity contribution in [2.75, 3.05) is 0 Å². The van der Waals surface area contributed by atoms with Crippen molar-refractivity contribution in [3.05, 3.63) is 11.6 Å². The third-order valence-corrected chi connectivity index (χ3v) is 1.06. The van der Waals surface area contributed by atoms with E-state index >= 15 is 0 Å². The van der Waals surface area contributed by atoms with Gasteiger partial charge in [0.1, 0.15) is 12.6 Å². The van der Waals surface area contributed by atoms with Gasteiger partial charge in [-0.05, 0) is 17.6 Å². The Balaban J connectivity index is 4.13. The molecule has 0 N–H and O–H groups in total. The minimum atomic E-state index is 0.146. The maximum Gasteiger partial charge on any atom is 0.146 e. The zero-order valence-corrected chi connectivity index (χ0v) is 5.63. The van der Waals surface area contributed by atoms with E-state index in [4.69, 9.17) is 0 Å². The smallest absolute Gasteiger partial charge is 0.146 e. The molecular formula is C7H10O2. The second-order valence-corrected chi connectivity index (χ2v) is 2.08. The highest BCUT2D eigenvalue weighted by Crippen LogP contribution is 2.03. The third-order valence-electron chi connectivity index (χ3n) is 1.06. The first-order valence-electron chi connectivity index (χ1n) is 2.83. The first kappa shape index (κ1) is 8.08. The Labute approximate surface area is 54.6 Å². The van der Waals surface area contributed by atoms with Crippen molar-refractivity contribution in [3.8, 4) is 0 Å². The molecule has 0 aliphatic heterocycles. The number of allylic oxidation sites excluding steroid dienone is 2. The van der Waals surface area contributed by atoms with E-state index in [1.807, 2.05) is 13.8 Å². The molecule has 50 valence electrons. The molecule has 0 atom stereocenters. The van der Waals surface area contributed by atoms with Crippen LogP contribution in [0, 0.1) is 5.92 Å². The zero-order valence-electron chi connectivity index (χ0n) is 5.63. The van der Waals surface area contributed by atoms with Gasteiger partial charge >= 0.3 is 0 Å². The molecular weight excluding hydrogens is 116 g/mol. The maximum absolute atomic E-state index is 10.1. The Morgan fingerprint density at radius 1 is 1.33 bits per heavy atom. The molecule has 0 aromatic heterocycles. The van der Waals surface area contributed by atoms with Crippen molar-refractivity contribution >= 4 is 12.6 Å². The Kier molecular flexibility index (Phi) is 3.60. The Hall–Kier alpha value is -0.920. The number of hydrogen-bond acceptors (Lipinski definition) is 2. The lowest BCUT2D eigenvalue weighted by atomic mass is 10.1. The van der Waals surface area contributed by atoms with E-state index < -0.39 is 0 Å². The quantitative estimate of drug-likeness (QED) is 0.417. The standard InChI is InChI=1S/C7H10O2/c1-6(2)7(5-9)3-4-8/h3-6H,1-2H3/b7-3-. The van der Waals surface area contributed by atoms with Crippen LogP contribution in [0.1, 0.15) is 13.8 Å². The molecule has 0 aromatic rings. The van der Waals surface area contributed by atoms with E-state index in [1.54, 1.807) is 0 Å². The van der Waals surface area contributed by atoms with Crippen molar-refractivity contribution in [2.24, 2.45) is 5.92 Å². The fourth-order valence-corrected chi connectivity index (χ4v) is 0.446. The molecule has 0 fully saturated rings. The lowest BCUT2D eigenvalue weighted by molar-refractivity contribution is -0.106. The van der Waals surface area contributed by atoms with Crippen molar-refractivity contribution in [1.82, 2.24) is 0 Å². The van der Waals surface area contributed by atoms with Gasteiger partial charge in [0, 0.05) is 0 Å². The first-order valence-corrected chi connectivity index (χ1v) is 2.83. The van der Waals surface area contributed by atoms with Crippen LogP contribution in [0.25, 0.3) is 0 Å². The lowest BCUT2D eigenvalue weighted by Gasteiger charge is -1.98. The molecule has 0 radical (unpaired) electrons. The average Bonchev–Trinajstić information content (AvgIpc) is 1.82. The summed E-state index contributed by atoms with van der Waals surface area (Å²) in [6.45, 7) is 3.73. The molecule has 0 saturated heterocycles. The van der Waals surface area contributed by atoms with Crippen LogP contribution in [0.4, 0.5) is 0 Å². The second kappa shape index (κ2) is 4.01. The van der Waals surface area contributed by atoms with Crippen LogP contribution in [0.2, 0.25) is 0 Å². The van der Waals surface area contributed by atoms with Gasteiger partial charge in [-0.25, -0.2) is 0 Å². The molecule has 0 amide bonds. The summed E-state index contributed by atoms with van der Waals surface area (Å²) in [6.07, 6.45) is 2.63. The fraction of sp³-hybridized carbons (Fsp3) is 0.429. The summed E-state index contributed by atoms with van der Waals surface area (Å²) in [5.41, 5.74) is 0.546. The fourth-order valence-electron chi connectivity index (χ4n) is 0.446. The van der Waals surface area contributed by atoms with E-state index in [9.17, 15) is 9.59 Å². The van der Waals surface area contributed by atoms with E-state index in [1.165, 1.54) is 6.08 Å². The van der Waals surface area contributed by atoms with E-state index in [-0.39, 0.29) is 5.92 Å². The van der Waals surface area contributed by atoms with Gasteiger partial charge in [0.15, 0.2) is 0 Å². The predicted molar refractivity (Wildman–Crippen MR) is 35.0 cm³/mol. The Morgan fingerprint density at radius 3 is 2.00 bits per heavy atom. The Bertz CT molecular complexity index is 134. The molecule has 0 aliphatic rings. The number of aldehydes is 2. The molecule has 0 bridgehead atoms. The van der Waals surface area contributed by atoms with Crippen LogP contribution in [0.15, 0.2) is 11.6 Å². The number of carbonyl (C=O) groups is 2. The summed E-state index contributed by atoms with van der Waals surface area (Å²) in [4.78, 5) is 20.0. The van der Waals surface area contributed by atoms with Crippen LogP contribution in [-0.2, 0) is 9.59 Å². The largest absolute Gasteiger partial charge is 0.299 e. The summed E-state index contributed by atoms with van der Waals surface area (Å²) < 4.78 is 0. The summed E-state index contributed by atoms with van der Waals surface area (Å²) in [5, 5.41) is 0. The van der Waals surface area contributed by atoms with Crippen molar-refractivity contribution in [3.63, 3.8) is 0 Å². The molecule has 0 saturated carbocycles. The molecule has 0 unspecified atom stereocenters. The molecule has 9 heavy (non-hydrogen) atoms. The van der Waals surface area contributed by atoms with Gasteiger partial charge in [0.05, 0.1) is 0 Å². The van der Waals surface area contributed by atoms with Crippen molar-refractivity contribution < 1.29 is 9.59 Å². The molecule has 0 rings (SSSR count). The highest BCUT2D eigenvalue weighted by atomic mass is 16.1. The van der Waals surface area contributed by atoms with Gasteiger partial charge < -0.3 is 0 Å². The summed E-state index contributed by atoms with van der Waals surface area (Å²) >= 11 is 0. The van der Waals surface area contributed by atoms with Crippen LogP contribution < -0.4 is 0 Å². The van der Waals surface area contributed by atoms with Crippen molar-refractivity contribution in [2.45, 2.75) is 13.8 Å². The normalized spacial score (nSPS) is 11.7. The summed E-state index contributed by atoms with van der Waals surface area (Å²) in [7, 11) is 0. The number of hydrogen-bond donors (Lipinski definition) is 0. The highest BCUT2D eigenvalue weighted by Gasteiger charge is 1.98. The van der Waals surface area contributed by atoms with E-state index in [0.29, 0.717) is 18.1 Å². The number of rotatable bonds is 3. The third kappa shape index (κ3) is 2.80. The lowest BCUT2D eigenvalue weighted by Crippen LogP contribution is -1.94. The van der Waals surface area contributed by atoms with E-state index in [0.717, 1.165) is 0 Å². The van der Waals surface area contributed by atoms with Gasteiger partial charge in [-0.3, -0.25) is 9.59 Å². The maximum atomic E-state index is 10.1. The average molecular weight is 126 g/mol. The zero-order chi connectivity index (χ0) is 7.28. The van der Waals surface area contributed by atoms with Gasteiger partial charge in [-0.15, -0.1) is 0 Å². The van der Waals surface area contributed by atoms with Gasteiger partial charge in [-0.2, -0.15) is 0 Å². The van der Waals surface area contributed by atoms with Crippen molar-refractivity contribution in [1.29, 1.82) is 0 Å². The molecule has 0 aliphatic carbocycles. The minimum Gasteiger partial charge on any atom is -0.299 e. The Morgan fingerprint density at radius 2 is 1.89 bits per heavy atom. The SMILES string of the molecule is CC(C)/C(C=O)=C\C=O. The predicted octanol–water partition coefficient (Wildman–Crippen LogP) is 0.967. The molecule has 0 spiro atoms. The van der Waals surface area contributed by atoms with Gasteiger partial charge in [-0.1, -0.05) is 13.8 Å². The van der Waals surface area contributed by atoms with Crippen LogP contribution >= 0.6 is 0 Å². The molecule has 2 heteroatoms. The van der Waals surface area contributed by atoms with E-state index in [2.05, 4.69) is 0 Å². The molecule has 2 nitrogen and oxygen atoms in total. The van der Waals surface area contributed by atoms with Gasteiger partial charge in [0.25, 0.3) is 0 Å². The monoisotopic (exact) mass is 126 g/mol.